The number of sulfone groups is 1. The molecule has 1 heterocycles. The lowest BCUT2D eigenvalue weighted by Gasteiger charge is -2.14. The maximum Gasteiger partial charge on any atom is 0.176 e. The second-order valence-electron chi connectivity index (χ2n) is 6.83. The monoisotopic (exact) mass is 404 g/mol. The van der Waals surface area contributed by atoms with E-state index >= 15 is 0 Å². The Labute approximate surface area is 170 Å². The molecule has 0 saturated carbocycles. The third kappa shape index (κ3) is 3.59. The van der Waals surface area contributed by atoms with Gasteiger partial charge in [0.1, 0.15) is 11.3 Å². The van der Waals surface area contributed by atoms with E-state index in [0.29, 0.717) is 33.7 Å². The molecule has 1 aromatic heterocycles. The number of benzene rings is 3. The summed E-state index contributed by atoms with van der Waals surface area (Å²) in [6.07, 6.45) is 1.21. The molecule has 0 unspecified atom stereocenters. The van der Waals surface area contributed by atoms with E-state index in [-0.39, 0.29) is 4.90 Å². The molecule has 6 heteroatoms. The van der Waals surface area contributed by atoms with Gasteiger partial charge in [-0.2, -0.15) is 0 Å². The van der Waals surface area contributed by atoms with Crippen LogP contribution in [0.2, 0.25) is 0 Å². The number of hydrogen-bond donors (Lipinski definition) is 0. The van der Waals surface area contributed by atoms with Gasteiger partial charge in [0.2, 0.25) is 0 Å². The molecule has 0 fully saturated rings. The number of methoxy groups -OCH3 is 1. The fraction of sp³-hybridized carbons (Fsp3) is 0.130. The third-order valence-electron chi connectivity index (χ3n) is 4.80. The molecule has 29 heavy (non-hydrogen) atoms. The largest absolute Gasteiger partial charge is 0.494 e. The average Bonchev–Trinajstić information content (AvgIpc) is 2.72. The summed E-state index contributed by atoms with van der Waals surface area (Å²) >= 11 is 0. The number of fused-ring (bicyclic) bond motifs is 1. The van der Waals surface area contributed by atoms with Crippen molar-refractivity contribution >= 4 is 20.9 Å². The number of aryl methyl sites for hydroxylation is 1. The molecule has 5 nitrogen and oxygen atoms in total. The predicted molar refractivity (Wildman–Crippen MR) is 115 cm³/mol. The van der Waals surface area contributed by atoms with Gasteiger partial charge < -0.3 is 4.74 Å². The Morgan fingerprint density at radius 3 is 2.31 bits per heavy atom. The van der Waals surface area contributed by atoms with E-state index < -0.39 is 9.84 Å². The van der Waals surface area contributed by atoms with Gasteiger partial charge in [0.15, 0.2) is 9.84 Å². The highest BCUT2D eigenvalue weighted by Gasteiger charge is 2.20. The second-order valence-corrected chi connectivity index (χ2v) is 8.82. The van der Waals surface area contributed by atoms with Gasteiger partial charge in [0, 0.05) is 11.8 Å². The van der Waals surface area contributed by atoms with Gasteiger partial charge in [-0.15, -0.1) is 0 Å². The van der Waals surface area contributed by atoms with Crippen molar-refractivity contribution in [1.29, 1.82) is 0 Å². The molecule has 0 N–H and O–H groups in total. The maximum atomic E-state index is 12.6. The van der Waals surface area contributed by atoms with E-state index in [9.17, 15) is 8.42 Å². The van der Waals surface area contributed by atoms with Crippen LogP contribution >= 0.6 is 0 Å². The van der Waals surface area contributed by atoms with Crippen LogP contribution in [-0.4, -0.2) is 31.8 Å². The lowest BCUT2D eigenvalue weighted by atomic mass is 10.0. The van der Waals surface area contributed by atoms with Gasteiger partial charge in [-0.25, -0.2) is 18.4 Å². The first-order valence-electron chi connectivity index (χ1n) is 9.10. The van der Waals surface area contributed by atoms with Crippen LogP contribution in [0.4, 0.5) is 0 Å². The predicted octanol–water partition coefficient (Wildman–Crippen LogP) is 4.68. The van der Waals surface area contributed by atoms with Crippen molar-refractivity contribution in [3.05, 3.63) is 72.4 Å². The summed E-state index contributed by atoms with van der Waals surface area (Å²) in [4.78, 5) is 9.59. The standard InChI is InChI=1S/C23H20N2O3S/c1-15-22(25-23-19(24-15)10-7-11-20(23)28-2)18-13-12-17(14-21(18)29(3,26)27)16-8-5-4-6-9-16/h4-14H,1-3H3. The Morgan fingerprint density at radius 1 is 0.862 bits per heavy atom. The number of hydrogen-bond acceptors (Lipinski definition) is 5. The molecule has 0 aliphatic rings. The van der Waals surface area contributed by atoms with Gasteiger partial charge in [-0.1, -0.05) is 48.5 Å². The van der Waals surface area contributed by atoms with Crippen LogP contribution < -0.4 is 4.74 Å². The lowest BCUT2D eigenvalue weighted by Crippen LogP contribution is -2.04. The fourth-order valence-corrected chi connectivity index (χ4v) is 4.30. The zero-order chi connectivity index (χ0) is 20.6. The molecule has 0 saturated heterocycles. The Morgan fingerprint density at radius 2 is 1.62 bits per heavy atom. The molecule has 0 amide bonds. The molecule has 4 aromatic rings. The van der Waals surface area contributed by atoms with Crippen molar-refractivity contribution in [2.24, 2.45) is 0 Å². The van der Waals surface area contributed by atoms with Crippen LogP contribution in [0.1, 0.15) is 5.69 Å². The SMILES string of the molecule is COc1cccc2nc(C)c(-c3ccc(-c4ccccc4)cc3S(C)(=O)=O)nc12. The second kappa shape index (κ2) is 7.29. The normalized spacial score (nSPS) is 11.6. The van der Waals surface area contributed by atoms with Gasteiger partial charge in [-0.3, -0.25) is 0 Å². The van der Waals surface area contributed by atoms with Crippen LogP contribution in [0.25, 0.3) is 33.4 Å². The molecule has 3 aromatic carbocycles. The molecule has 4 rings (SSSR count). The highest BCUT2D eigenvalue weighted by Crippen LogP contribution is 2.34. The Bertz CT molecular complexity index is 1320. The van der Waals surface area contributed by atoms with Crippen LogP contribution in [0.3, 0.4) is 0 Å². The lowest BCUT2D eigenvalue weighted by molar-refractivity contribution is 0.419. The minimum absolute atomic E-state index is 0.227. The van der Waals surface area contributed by atoms with E-state index in [1.165, 1.54) is 6.26 Å². The molecule has 0 spiro atoms. The Hall–Kier alpha value is -3.25. The van der Waals surface area contributed by atoms with Crippen molar-refractivity contribution in [3.63, 3.8) is 0 Å². The zero-order valence-electron chi connectivity index (χ0n) is 16.4. The first-order chi connectivity index (χ1) is 13.9. The minimum atomic E-state index is -3.50. The van der Waals surface area contributed by atoms with Crippen LogP contribution in [0.5, 0.6) is 5.75 Å². The van der Waals surface area contributed by atoms with Gasteiger partial charge in [0.25, 0.3) is 0 Å². The molecular formula is C23H20N2O3S. The molecule has 0 atom stereocenters. The van der Waals surface area contributed by atoms with Crippen LogP contribution in [0.15, 0.2) is 71.6 Å². The van der Waals surface area contributed by atoms with E-state index in [4.69, 9.17) is 9.72 Å². The van der Waals surface area contributed by atoms with Crippen molar-refractivity contribution in [3.8, 4) is 28.1 Å². The molecule has 146 valence electrons. The first-order valence-corrected chi connectivity index (χ1v) is 11.0. The van der Waals surface area contributed by atoms with Gasteiger partial charge in [0.05, 0.1) is 28.9 Å². The van der Waals surface area contributed by atoms with Gasteiger partial charge in [-0.05, 0) is 36.2 Å². The molecule has 0 aliphatic carbocycles. The molecule has 0 radical (unpaired) electrons. The van der Waals surface area contributed by atoms with E-state index in [0.717, 1.165) is 11.1 Å². The van der Waals surface area contributed by atoms with E-state index in [1.54, 1.807) is 19.2 Å². The Kier molecular flexibility index (Phi) is 4.80. The minimum Gasteiger partial charge on any atom is -0.494 e. The number of rotatable bonds is 4. The summed E-state index contributed by atoms with van der Waals surface area (Å²) < 4.78 is 30.7. The summed E-state index contributed by atoms with van der Waals surface area (Å²) in [5.41, 5.74) is 4.80. The van der Waals surface area contributed by atoms with Crippen molar-refractivity contribution in [2.45, 2.75) is 11.8 Å². The molecule has 0 bridgehead atoms. The average molecular weight is 404 g/mol. The first kappa shape index (κ1) is 19.1. The summed E-state index contributed by atoms with van der Waals surface area (Å²) in [6.45, 7) is 1.83. The molecular weight excluding hydrogens is 384 g/mol. The number of para-hydroxylation sites is 1. The number of nitrogens with zero attached hydrogens (tertiary/aromatic N) is 2. The van der Waals surface area contributed by atoms with Crippen LogP contribution in [0, 0.1) is 6.92 Å². The van der Waals surface area contributed by atoms with E-state index in [1.807, 2.05) is 61.5 Å². The number of aromatic nitrogens is 2. The summed E-state index contributed by atoms with van der Waals surface area (Å²) in [7, 11) is -1.92. The van der Waals surface area contributed by atoms with E-state index in [2.05, 4.69) is 4.98 Å². The quantitative estimate of drug-likeness (QED) is 0.494. The maximum absolute atomic E-state index is 12.6. The number of ether oxygens (including phenoxy) is 1. The van der Waals surface area contributed by atoms with Gasteiger partial charge >= 0.3 is 0 Å². The summed E-state index contributed by atoms with van der Waals surface area (Å²) in [5.74, 6) is 0.595. The highest BCUT2D eigenvalue weighted by molar-refractivity contribution is 7.90. The van der Waals surface area contributed by atoms with Crippen molar-refractivity contribution < 1.29 is 13.2 Å². The summed E-state index contributed by atoms with van der Waals surface area (Å²) in [5, 5.41) is 0. The summed E-state index contributed by atoms with van der Waals surface area (Å²) in [6, 6.07) is 20.6. The fourth-order valence-electron chi connectivity index (χ4n) is 3.39. The van der Waals surface area contributed by atoms with Crippen molar-refractivity contribution in [1.82, 2.24) is 9.97 Å². The third-order valence-corrected chi connectivity index (χ3v) is 5.93. The Balaban J connectivity index is 1.99. The zero-order valence-corrected chi connectivity index (χ0v) is 17.2. The topological polar surface area (TPSA) is 69.2 Å². The molecule has 0 aliphatic heterocycles. The highest BCUT2D eigenvalue weighted by atomic mass is 32.2. The smallest absolute Gasteiger partial charge is 0.176 e. The van der Waals surface area contributed by atoms with Crippen molar-refractivity contribution in [2.75, 3.05) is 13.4 Å². The van der Waals surface area contributed by atoms with Crippen LogP contribution in [-0.2, 0) is 9.84 Å².